The molecule has 1 aromatic rings. The standard InChI is InChI=1S/C13H15NO2S/c1-9(15)8-17-12-3-4-13-11(7-12)5-6-14(13)10(2)16/h3-4,7H,5-6,8H2,1-2H3. The van der Waals surface area contributed by atoms with Gasteiger partial charge in [0, 0.05) is 24.1 Å². The maximum Gasteiger partial charge on any atom is 0.223 e. The van der Waals surface area contributed by atoms with E-state index in [1.54, 1.807) is 30.5 Å². The largest absolute Gasteiger partial charge is 0.312 e. The van der Waals surface area contributed by atoms with E-state index in [4.69, 9.17) is 0 Å². The quantitative estimate of drug-likeness (QED) is 0.771. The Morgan fingerprint density at radius 3 is 2.76 bits per heavy atom. The molecule has 1 aliphatic heterocycles. The van der Waals surface area contributed by atoms with Crippen LogP contribution in [-0.4, -0.2) is 24.0 Å². The van der Waals surface area contributed by atoms with Crippen LogP contribution in [0.1, 0.15) is 19.4 Å². The minimum absolute atomic E-state index is 0.0906. The minimum atomic E-state index is 0.0906. The smallest absolute Gasteiger partial charge is 0.223 e. The third-order valence-electron chi connectivity index (χ3n) is 2.77. The Morgan fingerprint density at radius 2 is 2.12 bits per heavy atom. The molecule has 3 nitrogen and oxygen atoms in total. The highest BCUT2D eigenvalue weighted by atomic mass is 32.2. The first-order valence-electron chi connectivity index (χ1n) is 5.61. The Morgan fingerprint density at radius 1 is 1.35 bits per heavy atom. The van der Waals surface area contributed by atoms with E-state index in [1.807, 2.05) is 12.1 Å². The van der Waals surface area contributed by atoms with Gasteiger partial charge in [0.15, 0.2) is 0 Å². The van der Waals surface area contributed by atoms with Crippen molar-refractivity contribution in [2.45, 2.75) is 25.2 Å². The Balaban J connectivity index is 2.16. The number of hydrogen-bond donors (Lipinski definition) is 0. The third kappa shape index (κ3) is 2.69. The second-order valence-corrected chi connectivity index (χ2v) is 5.25. The van der Waals surface area contributed by atoms with Crippen LogP contribution in [0.25, 0.3) is 0 Å². The van der Waals surface area contributed by atoms with Gasteiger partial charge >= 0.3 is 0 Å². The first kappa shape index (κ1) is 12.2. The summed E-state index contributed by atoms with van der Waals surface area (Å²) in [5, 5.41) is 0. The fourth-order valence-electron chi connectivity index (χ4n) is 1.98. The molecule has 0 radical (unpaired) electrons. The lowest BCUT2D eigenvalue weighted by molar-refractivity contribution is -0.116. The molecular formula is C13H15NO2S. The molecule has 0 atom stereocenters. The van der Waals surface area contributed by atoms with E-state index in [9.17, 15) is 9.59 Å². The summed E-state index contributed by atoms with van der Waals surface area (Å²) in [4.78, 5) is 25.2. The first-order valence-corrected chi connectivity index (χ1v) is 6.60. The van der Waals surface area contributed by atoms with Crippen molar-refractivity contribution < 1.29 is 9.59 Å². The number of benzene rings is 1. The SMILES string of the molecule is CC(=O)CSc1ccc2c(c1)CCN2C(C)=O. The molecule has 4 heteroatoms. The average Bonchev–Trinajstić information content (AvgIpc) is 2.69. The van der Waals surface area contributed by atoms with Crippen LogP contribution in [0.15, 0.2) is 23.1 Å². The van der Waals surface area contributed by atoms with E-state index >= 15 is 0 Å². The maximum absolute atomic E-state index is 11.4. The molecule has 2 rings (SSSR count). The lowest BCUT2D eigenvalue weighted by atomic mass is 10.2. The number of hydrogen-bond acceptors (Lipinski definition) is 3. The molecule has 0 spiro atoms. The number of rotatable bonds is 3. The lowest BCUT2D eigenvalue weighted by Crippen LogP contribution is -2.25. The van der Waals surface area contributed by atoms with Crippen LogP contribution >= 0.6 is 11.8 Å². The highest BCUT2D eigenvalue weighted by Gasteiger charge is 2.21. The lowest BCUT2D eigenvalue weighted by Gasteiger charge is -2.14. The summed E-state index contributed by atoms with van der Waals surface area (Å²) in [7, 11) is 0. The predicted molar refractivity (Wildman–Crippen MR) is 69.6 cm³/mol. The molecular weight excluding hydrogens is 234 g/mol. The molecule has 0 unspecified atom stereocenters. The van der Waals surface area contributed by atoms with Gasteiger partial charge in [0.05, 0.1) is 5.75 Å². The van der Waals surface area contributed by atoms with Crippen LogP contribution in [0.3, 0.4) is 0 Å². The van der Waals surface area contributed by atoms with Gasteiger partial charge in [-0.2, -0.15) is 0 Å². The van der Waals surface area contributed by atoms with Crippen LogP contribution < -0.4 is 4.90 Å². The normalized spacial score (nSPS) is 13.6. The van der Waals surface area contributed by atoms with Crippen molar-refractivity contribution in [1.29, 1.82) is 0 Å². The van der Waals surface area contributed by atoms with Crippen molar-refractivity contribution in [1.82, 2.24) is 0 Å². The predicted octanol–water partition coefficient (Wildman–Crippen LogP) is 2.28. The second kappa shape index (κ2) is 4.92. The highest BCUT2D eigenvalue weighted by Crippen LogP contribution is 2.31. The number of anilines is 1. The van der Waals surface area contributed by atoms with Crippen LogP contribution in [0.4, 0.5) is 5.69 Å². The second-order valence-electron chi connectivity index (χ2n) is 4.20. The molecule has 1 aliphatic rings. The van der Waals surface area contributed by atoms with Crippen LogP contribution in [-0.2, 0) is 16.0 Å². The topological polar surface area (TPSA) is 37.4 Å². The summed E-state index contributed by atoms with van der Waals surface area (Å²) in [5.41, 5.74) is 2.22. The summed E-state index contributed by atoms with van der Waals surface area (Å²) < 4.78 is 0. The molecule has 17 heavy (non-hydrogen) atoms. The van der Waals surface area contributed by atoms with Gasteiger partial charge in [-0.3, -0.25) is 9.59 Å². The van der Waals surface area contributed by atoms with Crippen LogP contribution in [0, 0.1) is 0 Å². The van der Waals surface area contributed by atoms with Crippen molar-refractivity contribution in [3.05, 3.63) is 23.8 Å². The molecule has 0 saturated heterocycles. The van der Waals surface area contributed by atoms with E-state index in [2.05, 4.69) is 6.07 Å². The summed E-state index contributed by atoms with van der Waals surface area (Å²) in [6.45, 7) is 3.96. The van der Waals surface area contributed by atoms with E-state index in [0.717, 1.165) is 23.5 Å². The van der Waals surface area contributed by atoms with Gasteiger partial charge < -0.3 is 4.90 Å². The van der Waals surface area contributed by atoms with E-state index in [-0.39, 0.29) is 11.7 Å². The van der Waals surface area contributed by atoms with Crippen molar-refractivity contribution in [2.75, 3.05) is 17.2 Å². The number of carbonyl (C=O) groups is 2. The van der Waals surface area contributed by atoms with E-state index in [1.165, 1.54) is 5.56 Å². The van der Waals surface area contributed by atoms with E-state index < -0.39 is 0 Å². The van der Waals surface area contributed by atoms with Crippen molar-refractivity contribution in [3.63, 3.8) is 0 Å². The van der Waals surface area contributed by atoms with Gasteiger partial charge in [-0.15, -0.1) is 11.8 Å². The Labute approximate surface area is 105 Å². The number of fused-ring (bicyclic) bond motifs is 1. The molecule has 0 aromatic heterocycles. The molecule has 0 saturated carbocycles. The van der Waals surface area contributed by atoms with E-state index in [0.29, 0.717) is 5.75 Å². The van der Waals surface area contributed by atoms with Gasteiger partial charge in [-0.1, -0.05) is 0 Å². The van der Waals surface area contributed by atoms with Crippen LogP contribution in [0.5, 0.6) is 0 Å². The molecule has 1 heterocycles. The summed E-state index contributed by atoms with van der Waals surface area (Å²) in [6, 6.07) is 6.05. The zero-order chi connectivity index (χ0) is 12.4. The minimum Gasteiger partial charge on any atom is -0.312 e. The molecule has 1 amide bonds. The molecule has 1 aromatic carbocycles. The van der Waals surface area contributed by atoms with Crippen molar-refractivity contribution in [3.8, 4) is 0 Å². The van der Waals surface area contributed by atoms with Crippen molar-refractivity contribution in [2.24, 2.45) is 0 Å². The van der Waals surface area contributed by atoms with Gasteiger partial charge in [-0.05, 0) is 37.1 Å². The third-order valence-corrected chi connectivity index (χ3v) is 3.91. The highest BCUT2D eigenvalue weighted by molar-refractivity contribution is 8.00. The van der Waals surface area contributed by atoms with Crippen molar-refractivity contribution >= 4 is 29.1 Å². The molecule has 0 N–H and O–H groups in total. The van der Waals surface area contributed by atoms with Crippen LogP contribution in [0.2, 0.25) is 0 Å². The van der Waals surface area contributed by atoms with Gasteiger partial charge in [-0.25, -0.2) is 0 Å². The zero-order valence-electron chi connectivity index (χ0n) is 10.0. The first-order chi connectivity index (χ1) is 8.08. The number of nitrogens with zero attached hydrogens (tertiary/aromatic N) is 1. The Hall–Kier alpha value is -1.29. The number of thioether (sulfide) groups is 1. The van der Waals surface area contributed by atoms with Gasteiger partial charge in [0.25, 0.3) is 0 Å². The molecule has 0 aliphatic carbocycles. The molecule has 0 fully saturated rings. The summed E-state index contributed by atoms with van der Waals surface area (Å²) >= 11 is 1.55. The fourth-order valence-corrected chi connectivity index (χ4v) is 2.74. The molecule has 0 bridgehead atoms. The van der Waals surface area contributed by atoms with Gasteiger partial charge in [0.1, 0.15) is 5.78 Å². The summed E-state index contributed by atoms with van der Waals surface area (Å²) in [6.07, 6.45) is 0.906. The van der Waals surface area contributed by atoms with Gasteiger partial charge in [0.2, 0.25) is 5.91 Å². The fraction of sp³-hybridized carbons (Fsp3) is 0.385. The number of ketones is 1. The number of amides is 1. The Bertz CT molecular complexity index is 470. The number of carbonyl (C=O) groups excluding carboxylic acids is 2. The monoisotopic (exact) mass is 249 g/mol. The summed E-state index contributed by atoms with van der Waals surface area (Å²) in [5.74, 6) is 0.781. The molecule has 90 valence electrons. The zero-order valence-corrected chi connectivity index (χ0v) is 10.8. The Kier molecular flexibility index (Phi) is 3.52. The number of Topliss-reactive ketones (excluding diaryl/α,β-unsaturated/α-hetero) is 1. The average molecular weight is 249 g/mol. The maximum atomic E-state index is 11.4.